The third-order valence-electron chi connectivity index (χ3n) is 1.79. The summed E-state index contributed by atoms with van der Waals surface area (Å²) in [5, 5.41) is 0. The summed E-state index contributed by atoms with van der Waals surface area (Å²) in [6.45, 7) is 1.42. The lowest BCUT2D eigenvalue weighted by atomic mass is 10.3. The summed E-state index contributed by atoms with van der Waals surface area (Å²) in [5.41, 5.74) is 1.42. The van der Waals surface area contributed by atoms with E-state index in [-0.39, 0.29) is 12.6 Å². The average Bonchev–Trinajstić information content (AvgIpc) is 2.56. The minimum atomic E-state index is -0.349. The predicted octanol–water partition coefficient (Wildman–Crippen LogP) is 2.65. The molecule has 78 valence electrons. The standard InChI is InChI=1S/C10H8BrNO3/c1-6(13)14-5-10-12-8-4-7(11)2-3-9(8)15-10/h2-4H,5H2,1H3. The molecule has 0 unspecified atom stereocenters. The van der Waals surface area contributed by atoms with Crippen LogP contribution < -0.4 is 0 Å². The highest BCUT2D eigenvalue weighted by Gasteiger charge is 2.06. The quantitative estimate of drug-likeness (QED) is 0.787. The van der Waals surface area contributed by atoms with Gasteiger partial charge in [-0.25, -0.2) is 4.98 Å². The molecule has 0 saturated heterocycles. The molecule has 0 aliphatic rings. The number of oxazole rings is 1. The molecule has 1 aromatic heterocycles. The van der Waals surface area contributed by atoms with Gasteiger partial charge in [-0.3, -0.25) is 4.79 Å². The number of carbonyl (C=O) groups excluding carboxylic acids is 1. The first-order valence-corrected chi connectivity index (χ1v) is 5.13. The molecule has 1 aromatic carbocycles. The molecule has 0 radical (unpaired) electrons. The summed E-state index contributed by atoms with van der Waals surface area (Å²) in [6.07, 6.45) is 0. The summed E-state index contributed by atoms with van der Waals surface area (Å²) in [6, 6.07) is 5.52. The lowest BCUT2D eigenvalue weighted by Gasteiger charge is -1.94. The van der Waals surface area contributed by atoms with Gasteiger partial charge in [-0.05, 0) is 18.2 Å². The van der Waals surface area contributed by atoms with Crippen molar-refractivity contribution in [2.45, 2.75) is 13.5 Å². The van der Waals surface area contributed by atoms with Gasteiger partial charge in [0, 0.05) is 11.4 Å². The van der Waals surface area contributed by atoms with Gasteiger partial charge in [0.2, 0.25) is 5.89 Å². The lowest BCUT2D eigenvalue weighted by molar-refractivity contribution is -0.142. The van der Waals surface area contributed by atoms with E-state index in [1.165, 1.54) is 6.92 Å². The van der Waals surface area contributed by atoms with Crippen molar-refractivity contribution in [3.8, 4) is 0 Å². The van der Waals surface area contributed by atoms with E-state index in [9.17, 15) is 4.79 Å². The molecule has 0 N–H and O–H groups in total. The van der Waals surface area contributed by atoms with E-state index in [1.807, 2.05) is 18.2 Å². The van der Waals surface area contributed by atoms with Crippen molar-refractivity contribution in [1.82, 2.24) is 4.98 Å². The van der Waals surface area contributed by atoms with Crippen molar-refractivity contribution in [3.63, 3.8) is 0 Å². The van der Waals surface area contributed by atoms with Crippen LogP contribution in [0.15, 0.2) is 27.1 Å². The molecule has 2 aromatic rings. The Kier molecular flexibility index (Phi) is 2.73. The van der Waals surface area contributed by atoms with Crippen molar-refractivity contribution in [2.75, 3.05) is 0 Å². The smallest absolute Gasteiger partial charge is 0.303 e. The van der Waals surface area contributed by atoms with Crippen LogP contribution in [0.2, 0.25) is 0 Å². The topological polar surface area (TPSA) is 52.3 Å². The number of ether oxygens (including phenoxy) is 1. The normalized spacial score (nSPS) is 10.5. The van der Waals surface area contributed by atoms with Crippen molar-refractivity contribution in [2.24, 2.45) is 0 Å². The molecular formula is C10H8BrNO3. The molecule has 0 atom stereocenters. The van der Waals surface area contributed by atoms with Gasteiger partial charge in [0.1, 0.15) is 5.52 Å². The molecule has 1 heterocycles. The number of nitrogens with zero attached hydrogens (tertiary/aromatic N) is 1. The molecule has 0 bridgehead atoms. The van der Waals surface area contributed by atoms with E-state index in [0.29, 0.717) is 11.5 Å². The molecular weight excluding hydrogens is 262 g/mol. The van der Waals surface area contributed by atoms with E-state index in [4.69, 9.17) is 9.15 Å². The summed E-state index contributed by atoms with van der Waals surface area (Å²) in [5.74, 6) is 0.0525. The van der Waals surface area contributed by atoms with Crippen LogP contribution in [-0.4, -0.2) is 11.0 Å². The van der Waals surface area contributed by atoms with Crippen molar-refractivity contribution in [3.05, 3.63) is 28.6 Å². The first-order chi connectivity index (χ1) is 7.15. The van der Waals surface area contributed by atoms with E-state index >= 15 is 0 Å². The van der Waals surface area contributed by atoms with Gasteiger partial charge in [-0.15, -0.1) is 0 Å². The fraction of sp³-hybridized carbons (Fsp3) is 0.200. The zero-order chi connectivity index (χ0) is 10.8. The molecule has 0 fully saturated rings. The lowest BCUT2D eigenvalue weighted by Crippen LogP contribution is -1.98. The maximum atomic E-state index is 10.6. The number of benzene rings is 1. The Hall–Kier alpha value is -1.36. The highest BCUT2D eigenvalue weighted by Crippen LogP contribution is 2.20. The Labute approximate surface area is 94.4 Å². The summed E-state index contributed by atoms with van der Waals surface area (Å²) < 4.78 is 11.1. The van der Waals surface area contributed by atoms with Gasteiger partial charge in [0.25, 0.3) is 0 Å². The van der Waals surface area contributed by atoms with Crippen LogP contribution >= 0.6 is 15.9 Å². The highest BCUT2D eigenvalue weighted by atomic mass is 79.9. The molecule has 0 spiro atoms. The second kappa shape index (κ2) is 4.02. The van der Waals surface area contributed by atoms with Crippen LogP contribution in [-0.2, 0) is 16.1 Å². The Morgan fingerprint density at radius 1 is 1.60 bits per heavy atom. The molecule has 2 rings (SSSR count). The second-order valence-electron chi connectivity index (χ2n) is 3.00. The van der Waals surface area contributed by atoms with Crippen LogP contribution in [0.4, 0.5) is 0 Å². The first kappa shape index (κ1) is 10.2. The summed E-state index contributed by atoms with van der Waals surface area (Å²) in [7, 11) is 0. The SMILES string of the molecule is CC(=O)OCc1nc2cc(Br)ccc2o1. The van der Waals surface area contributed by atoms with Crippen molar-refractivity contribution < 1.29 is 13.9 Å². The highest BCUT2D eigenvalue weighted by molar-refractivity contribution is 9.10. The number of halogens is 1. The summed E-state index contributed by atoms with van der Waals surface area (Å²) >= 11 is 3.34. The fourth-order valence-corrected chi connectivity index (χ4v) is 1.52. The number of carbonyl (C=O) groups is 1. The van der Waals surface area contributed by atoms with E-state index < -0.39 is 0 Å². The third-order valence-corrected chi connectivity index (χ3v) is 2.29. The molecule has 15 heavy (non-hydrogen) atoms. The molecule has 5 heteroatoms. The maximum absolute atomic E-state index is 10.6. The maximum Gasteiger partial charge on any atom is 0.303 e. The minimum Gasteiger partial charge on any atom is -0.456 e. The predicted molar refractivity (Wildman–Crippen MR) is 57.2 cm³/mol. The average molecular weight is 270 g/mol. The Morgan fingerprint density at radius 2 is 2.40 bits per heavy atom. The van der Waals surface area contributed by atoms with Crippen molar-refractivity contribution in [1.29, 1.82) is 0 Å². The van der Waals surface area contributed by atoms with Gasteiger partial charge in [0.05, 0.1) is 0 Å². The second-order valence-corrected chi connectivity index (χ2v) is 3.92. The van der Waals surface area contributed by atoms with Crippen LogP contribution in [0.5, 0.6) is 0 Å². The Bertz CT molecular complexity index is 506. The molecule has 4 nitrogen and oxygen atoms in total. The number of rotatable bonds is 2. The van der Waals surface area contributed by atoms with Gasteiger partial charge < -0.3 is 9.15 Å². The number of hydrogen-bond acceptors (Lipinski definition) is 4. The number of esters is 1. The number of aromatic nitrogens is 1. The van der Waals surface area contributed by atoms with Crippen LogP contribution in [0, 0.1) is 0 Å². The monoisotopic (exact) mass is 269 g/mol. The van der Waals surface area contributed by atoms with Crippen LogP contribution in [0.3, 0.4) is 0 Å². The fourth-order valence-electron chi connectivity index (χ4n) is 1.17. The zero-order valence-electron chi connectivity index (χ0n) is 7.99. The Morgan fingerprint density at radius 3 is 3.13 bits per heavy atom. The van der Waals surface area contributed by atoms with Gasteiger partial charge in [-0.2, -0.15) is 0 Å². The van der Waals surface area contributed by atoms with E-state index in [2.05, 4.69) is 20.9 Å². The number of fused-ring (bicyclic) bond motifs is 1. The largest absolute Gasteiger partial charge is 0.456 e. The van der Waals surface area contributed by atoms with Gasteiger partial charge in [0.15, 0.2) is 12.2 Å². The molecule has 0 aliphatic heterocycles. The zero-order valence-corrected chi connectivity index (χ0v) is 9.58. The minimum absolute atomic E-state index is 0.0711. The van der Waals surface area contributed by atoms with Gasteiger partial charge >= 0.3 is 5.97 Å². The van der Waals surface area contributed by atoms with E-state index in [0.717, 1.165) is 9.99 Å². The summed E-state index contributed by atoms with van der Waals surface area (Å²) in [4.78, 5) is 14.8. The number of hydrogen-bond donors (Lipinski definition) is 0. The third kappa shape index (κ3) is 2.36. The van der Waals surface area contributed by atoms with Crippen molar-refractivity contribution >= 4 is 33.0 Å². The first-order valence-electron chi connectivity index (χ1n) is 4.33. The Balaban J connectivity index is 2.27. The van der Waals surface area contributed by atoms with Crippen LogP contribution in [0.1, 0.15) is 12.8 Å². The molecule has 0 amide bonds. The van der Waals surface area contributed by atoms with E-state index in [1.54, 1.807) is 0 Å². The van der Waals surface area contributed by atoms with Crippen LogP contribution in [0.25, 0.3) is 11.1 Å². The van der Waals surface area contributed by atoms with Gasteiger partial charge in [-0.1, -0.05) is 15.9 Å². The molecule has 0 aliphatic carbocycles. The molecule has 0 saturated carbocycles.